The van der Waals surface area contributed by atoms with Gasteiger partial charge in [-0.3, -0.25) is 0 Å². The van der Waals surface area contributed by atoms with Crippen molar-refractivity contribution in [3.05, 3.63) is 47.8 Å². The topological polar surface area (TPSA) is 3.88 Å². The smallest absolute Gasteiger partial charge is 0.201 e. The number of pyridine rings is 1. The van der Waals surface area contributed by atoms with Crippen molar-refractivity contribution in [1.29, 1.82) is 0 Å². The third-order valence-electron chi connectivity index (χ3n) is 2.23. The molecule has 1 nitrogen and oxygen atoms in total. The molecule has 1 heteroatoms. The van der Waals surface area contributed by atoms with Gasteiger partial charge < -0.3 is 0 Å². The van der Waals surface area contributed by atoms with E-state index in [9.17, 15) is 0 Å². The summed E-state index contributed by atoms with van der Waals surface area (Å²) in [5.41, 5.74) is 3.79. The van der Waals surface area contributed by atoms with Crippen molar-refractivity contribution in [3.63, 3.8) is 0 Å². The van der Waals surface area contributed by atoms with Crippen LogP contribution >= 0.6 is 0 Å². The summed E-state index contributed by atoms with van der Waals surface area (Å²) < 4.78 is 2.16. The Hall–Kier alpha value is -1.37. The van der Waals surface area contributed by atoms with Crippen LogP contribution in [0.1, 0.15) is 25.1 Å². The lowest BCUT2D eigenvalue weighted by Crippen LogP contribution is -2.32. The van der Waals surface area contributed by atoms with E-state index in [4.69, 9.17) is 0 Å². The van der Waals surface area contributed by atoms with Crippen molar-refractivity contribution in [2.45, 2.75) is 20.8 Å². The lowest BCUT2D eigenvalue weighted by atomic mass is 10.1. The lowest BCUT2D eigenvalue weighted by Gasteiger charge is -2.00. The van der Waals surface area contributed by atoms with E-state index in [1.54, 1.807) is 0 Å². The first-order valence-electron chi connectivity index (χ1n) is 4.94. The van der Waals surface area contributed by atoms with Crippen molar-refractivity contribution >= 4 is 5.57 Å². The number of hydrogen-bond acceptors (Lipinski definition) is 0. The molecule has 0 atom stereocenters. The normalized spacial score (nSPS) is 12.4. The minimum absolute atomic E-state index is 1.25. The standard InChI is InChI=1S/C13H18N/c1-5-7-12(6-2)13-9-8-11(3)10-14(13)4/h5-10H,1-4H3/q+1. The molecule has 0 N–H and O–H groups in total. The molecule has 1 aromatic rings. The molecule has 0 aliphatic rings. The maximum atomic E-state index is 2.16. The average molecular weight is 188 g/mol. The van der Waals surface area contributed by atoms with E-state index in [-0.39, 0.29) is 0 Å². The minimum atomic E-state index is 1.25. The van der Waals surface area contributed by atoms with Crippen LogP contribution in [0.5, 0.6) is 0 Å². The second-order valence-corrected chi connectivity index (χ2v) is 3.45. The summed E-state index contributed by atoms with van der Waals surface area (Å²) in [5.74, 6) is 0. The van der Waals surface area contributed by atoms with Crippen LogP contribution < -0.4 is 4.57 Å². The molecule has 0 bridgehead atoms. The molecule has 14 heavy (non-hydrogen) atoms. The molecule has 0 amide bonds. The third-order valence-corrected chi connectivity index (χ3v) is 2.23. The highest BCUT2D eigenvalue weighted by Gasteiger charge is 2.08. The van der Waals surface area contributed by atoms with E-state index < -0.39 is 0 Å². The zero-order valence-electron chi connectivity index (χ0n) is 9.41. The van der Waals surface area contributed by atoms with Crippen LogP contribution in [0.15, 0.2) is 36.6 Å². The highest BCUT2D eigenvalue weighted by molar-refractivity contribution is 5.69. The van der Waals surface area contributed by atoms with Crippen LogP contribution in [-0.2, 0) is 7.05 Å². The zero-order chi connectivity index (χ0) is 10.6. The first kappa shape index (κ1) is 10.7. The van der Waals surface area contributed by atoms with Gasteiger partial charge in [0.1, 0.15) is 7.05 Å². The SMILES string of the molecule is CC=CC(=CC)c1ccc(C)c[n+]1C. The van der Waals surface area contributed by atoms with E-state index in [0.29, 0.717) is 0 Å². The lowest BCUT2D eigenvalue weighted by molar-refractivity contribution is -0.674. The van der Waals surface area contributed by atoms with E-state index in [0.717, 1.165) is 0 Å². The van der Waals surface area contributed by atoms with Crippen LogP contribution in [0.3, 0.4) is 0 Å². The Morgan fingerprint density at radius 1 is 1.29 bits per heavy atom. The fourth-order valence-corrected chi connectivity index (χ4v) is 1.55. The number of aromatic nitrogens is 1. The second-order valence-electron chi connectivity index (χ2n) is 3.45. The van der Waals surface area contributed by atoms with Gasteiger partial charge in [-0.25, -0.2) is 4.57 Å². The van der Waals surface area contributed by atoms with Gasteiger partial charge in [-0.05, 0) is 26.8 Å². The first-order chi connectivity index (χ1) is 6.69. The molecule has 0 fully saturated rings. The van der Waals surface area contributed by atoms with E-state index in [1.807, 2.05) is 6.92 Å². The highest BCUT2D eigenvalue weighted by atomic mass is 14.9. The summed E-state index contributed by atoms with van der Waals surface area (Å²) >= 11 is 0. The fourth-order valence-electron chi connectivity index (χ4n) is 1.55. The summed E-state index contributed by atoms with van der Waals surface area (Å²) in [6.45, 7) is 6.21. The molecule has 0 aliphatic carbocycles. The summed E-state index contributed by atoms with van der Waals surface area (Å²) in [5, 5.41) is 0. The highest BCUT2D eigenvalue weighted by Crippen LogP contribution is 2.11. The summed E-state index contributed by atoms with van der Waals surface area (Å²) in [4.78, 5) is 0. The van der Waals surface area contributed by atoms with E-state index in [1.165, 1.54) is 16.8 Å². The van der Waals surface area contributed by atoms with Crippen molar-refractivity contribution in [2.24, 2.45) is 7.05 Å². The molecule has 1 heterocycles. The van der Waals surface area contributed by atoms with Crippen molar-refractivity contribution in [3.8, 4) is 0 Å². The Labute approximate surface area is 86.4 Å². The number of nitrogens with zero attached hydrogens (tertiary/aromatic N) is 1. The van der Waals surface area contributed by atoms with E-state index in [2.05, 4.69) is 62.0 Å². The van der Waals surface area contributed by atoms with Gasteiger partial charge in [0, 0.05) is 17.2 Å². The molecule has 0 spiro atoms. The Morgan fingerprint density at radius 3 is 2.50 bits per heavy atom. The maximum Gasteiger partial charge on any atom is 0.211 e. The molecule has 0 saturated heterocycles. The third kappa shape index (κ3) is 2.32. The minimum Gasteiger partial charge on any atom is -0.201 e. The Kier molecular flexibility index (Phi) is 3.63. The number of hydrogen-bond donors (Lipinski definition) is 0. The molecule has 74 valence electrons. The Morgan fingerprint density at radius 2 is 2.00 bits per heavy atom. The Balaban J connectivity index is 3.18. The molecule has 0 aromatic carbocycles. The molecule has 1 aromatic heterocycles. The van der Waals surface area contributed by atoms with Crippen molar-refractivity contribution < 1.29 is 4.57 Å². The quantitative estimate of drug-likeness (QED) is 0.496. The van der Waals surface area contributed by atoms with Crippen LogP contribution in [0.2, 0.25) is 0 Å². The monoisotopic (exact) mass is 188 g/mol. The van der Waals surface area contributed by atoms with Crippen LogP contribution in [0.25, 0.3) is 5.57 Å². The van der Waals surface area contributed by atoms with Gasteiger partial charge in [0.05, 0.1) is 0 Å². The summed E-state index contributed by atoms with van der Waals surface area (Å²) in [6.07, 6.45) is 8.47. The van der Waals surface area contributed by atoms with E-state index >= 15 is 0 Å². The molecule has 0 unspecified atom stereocenters. The van der Waals surface area contributed by atoms with Gasteiger partial charge in [-0.2, -0.15) is 0 Å². The average Bonchev–Trinajstić information content (AvgIpc) is 2.15. The van der Waals surface area contributed by atoms with Gasteiger partial charge >= 0.3 is 0 Å². The van der Waals surface area contributed by atoms with Gasteiger partial charge in [-0.1, -0.05) is 18.2 Å². The van der Waals surface area contributed by atoms with Crippen LogP contribution in [0, 0.1) is 6.92 Å². The molecule has 0 radical (unpaired) electrons. The second kappa shape index (κ2) is 4.75. The summed E-state index contributed by atoms with van der Waals surface area (Å²) in [7, 11) is 2.08. The predicted molar refractivity (Wildman–Crippen MR) is 60.8 cm³/mol. The molecule has 0 aliphatic heterocycles. The fraction of sp³-hybridized carbons (Fsp3) is 0.308. The number of rotatable bonds is 2. The maximum absolute atomic E-state index is 2.16. The summed E-state index contributed by atoms with van der Waals surface area (Å²) in [6, 6.07) is 4.30. The Bertz CT molecular complexity index is 373. The van der Waals surface area contributed by atoms with Crippen LogP contribution in [-0.4, -0.2) is 0 Å². The van der Waals surface area contributed by atoms with Gasteiger partial charge in [0.2, 0.25) is 5.69 Å². The van der Waals surface area contributed by atoms with Gasteiger partial charge in [0.15, 0.2) is 6.20 Å². The zero-order valence-corrected chi connectivity index (χ0v) is 9.41. The predicted octanol–water partition coefficient (Wildman–Crippen LogP) is 2.80. The number of aryl methyl sites for hydroxylation is 2. The molecule has 0 saturated carbocycles. The molecular weight excluding hydrogens is 170 g/mol. The first-order valence-corrected chi connectivity index (χ1v) is 4.94. The molecule has 1 rings (SSSR count). The van der Waals surface area contributed by atoms with Crippen molar-refractivity contribution in [1.82, 2.24) is 0 Å². The van der Waals surface area contributed by atoms with Gasteiger partial charge in [-0.15, -0.1) is 0 Å². The van der Waals surface area contributed by atoms with Gasteiger partial charge in [0.25, 0.3) is 0 Å². The number of allylic oxidation sites excluding steroid dienone is 4. The van der Waals surface area contributed by atoms with Crippen LogP contribution in [0.4, 0.5) is 0 Å². The van der Waals surface area contributed by atoms with Crippen molar-refractivity contribution in [2.75, 3.05) is 0 Å². The largest absolute Gasteiger partial charge is 0.211 e. The molecular formula is C13H18N+.